The smallest absolute Gasteiger partial charge is 0.324 e. The highest BCUT2D eigenvalue weighted by molar-refractivity contribution is 7.51. The van der Waals surface area contributed by atoms with Gasteiger partial charge in [0, 0.05) is 6.42 Å². The van der Waals surface area contributed by atoms with Gasteiger partial charge in [0.1, 0.15) is 0 Å². The average molecular weight is 628 g/mol. The lowest BCUT2D eigenvalue weighted by atomic mass is 9.86. The minimum absolute atomic E-state index is 2.62. The Morgan fingerprint density at radius 3 is 0.838 bits per heavy atom. The molecule has 0 rings (SSSR count). The van der Waals surface area contributed by atoms with Gasteiger partial charge >= 0.3 is 67.1 Å². The van der Waals surface area contributed by atoms with Crippen LogP contribution in [0.1, 0.15) is 6.42 Å². The molecule has 0 spiro atoms. The van der Waals surface area contributed by atoms with Crippen LogP contribution in [0.3, 0.4) is 0 Å². The standard InChI is InChI=1S/C12H6F21O3P/c13-3(14,1-2-37(34,35)36)4(15,16)5(17,18)6(19,20)7(21,22)8(23,24)9(25,26)10(27,28)11(29,30)12(31,32)33/h1-2H2,(H2,34,35,36). The van der Waals surface area contributed by atoms with Gasteiger partial charge in [-0.25, -0.2) is 0 Å². The normalized spacial score (nSPS) is 16.8. The SMILES string of the molecule is O=P(O)(O)CCC(F)(F)C(F)(F)C(F)(F)C(F)(F)C(F)(F)C(F)(F)C(F)(F)C(F)(F)C(F)(F)C(F)(F)F. The molecule has 0 aromatic carbocycles. The molecule has 0 radical (unpaired) electrons. The monoisotopic (exact) mass is 628 g/mol. The molecule has 0 saturated carbocycles. The Bertz CT molecular complexity index is 884. The maximum atomic E-state index is 13.5. The van der Waals surface area contributed by atoms with Crippen molar-refractivity contribution in [2.45, 2.75) is 65.9 Å². The predicted octanol–water partition coefficient (Wildman–Crippen LogP) is 6.83. The minimum Gasteiger partial charge on any atom is -0.324 e. The fraction of sp³-hybridized carbons (Fsp3) is 1.00. The van der Waals surface area contributed by atoms with Crippen molar-refractivity contribution >= 4 is 7.60 Å². The van der Waals surface area contributed by atoms with E-state index in [1.807, 2.05) is 0 Å². The Labute approximate surface area is 187 Å². The number of hydrogen-bond acceptors (Lipinski definition) is 1. The van der Waals surface area contributed by atoms with Crippen LogP contribution in [0.15, 0.2) is 0 Å². The summed E-state index contributed by atoms with van der Waals surface area (Å²) >= 11 is 0. The summed E-state index contributed by atoms with van der Waals surface area (Å²) in [4.78, 5) is 16.4. The van der Waals surface area contributed by atoms with Gasteiger partial charge in [0.15, 0.2) is 0 Å². The van der Waals surface area contributed by atoms with Gasteiger partial charge in [-0.05, 0) is 0 Å². The highest BCUT2D eigenvalue weighted by atomic mass is 31.2. The van der Waals surface area contributed by atoms with Crippen LogP contribution in [0.4, 0.5) is 92.2 Å². The maximum Gasteiger partial charge on any atom is 0.460 e. The van der Waals surface area contributed by atoms with E-state index in [4.69, 9.17) is 9.79 Å². The molecule has 0 bridgehead atoms. The fourth-order valence-corrected chi connectivity index (χ4v) is 2.61. The molecule has 3 nitrogen and oxygen atoms in total. The molecule has 0 aliphatic carbocycles. The molecular weight excluding hydrogens is 622 g/mol. The number of hydrogen-bond donors (Lipinski definition) is 2. The summed E-state index contributed by atoms with van der Waals surface area (Å²) < 4.78 is 285. The van der Waals surface area contributed by atoms with Gasteiger partial charge in [-0.15, -0.1) is 0 Å². The maximum absolute atomic E-state index is 13.5. The van der Waals surface area contributed by atoms with Crippen molar-refractivity contribution in [3.8, 4) is 0 Å². The summed E-state index contributed by atoms with van der Waals surface area (Å²) in [6.45, 7) is 0. The van der Waals surface area contributed by atoms with E-state index in [-0.39, 0.29) is 0 Å². The van der Waals surface area contributed by atoms with E-state index in [0.29, 0.717) is 0 Å². The topological polar surface area (TPSA) is 57.5 Å². The highest BCUT2D eigenvalue weighted by Crippen LogP contribution is 2.66. The molecule has 0 aliphatic heterocycles. The lowest BCUT2D eigenvalue weighted by Gasteiger charge is -2.44. The molecule has 0 aliphatic rings. The lowest BCUT2D eigenvalue weighted by Crippen LogP contribution is -2.76. The van der Waals surface area contributed by atoms with Crippen molar-refractivity contribution < 1.29 is 107 Å². The third kappa shape index (κ3) is 4.93. The molecule has 0 unspecified atom stereocenters. The number of alkyl halides is 21. The summed E-state index contributed by atoms with van der Waals surface area (Å²) in [7, 11) is -5.91. The summed E-state index contributed by atoms with van der Waals surface area (Å²) in [6, 6.07) is 0. The first-order valence-electron chi connectivity index (χ1n) is 7.97. The van der Waals surface area contributed by atoms with Crippen molar-refractivity contribution in [2.75, 3.05) is 6.16 Å². The first-order valence-corrected chi connectivity index (χ1v) is 9.77. The third-order valence-corrected chi connectivity index (χ3v) is 5.10. The molecule has 0 atom stereocenters. The van der Waals surface area contributed by atoms with Crippen molar-refractivity contribution in [1.82, 2.24) is 0 Å². The summed E-state index contributed by atoms with van der Waals surface area (Å²) in [6.07, 6.45) is -14.0. The van der Waals surface area contributed by atoms with Crippen LogP contribution in [-0.2, 0) is 4.57 Å². The van der Waals surface area contributed by atoms with Crippen LogP contribution in [0.5, 0.6) is 0 Å². The minimum atomic E-state index is -9.26. The van der Waals surface area contributed by atoms with Crippen LogP contribution >= 0.6 is 7.60 Å². The molecule has 2 N–H and O–H groups in total. The molecular formula is C12H6F21O3P. The Kier molecular flexibility index (Phi) is 8.53. The summed E-state index contributed by atoms with van der Waals surface area (Å²) in [5, 5.41) is 0. The average Bonchev–Trinajstić information content (AvgIpc) is 2.63. The number of halogens is 21. The molecule has 0 fully saturated rings. The highest BCUT2D eigenvalue weighted by Gasteiger charge is 2.97. The quantitative estimate of drug-likeness (QED) is 0.195. The summed E-state index contributed by atoms with van der Waals surface area (Å²) in [5.74, 6) is -78.2. The van der Waals surface area contributed by atoms with Crippen LogP contribution < -0.4 is 0 Å². The largest absolute Gasteiger partial charge is 0.460 e. The Morgan fingerprint density at radius 2 is 0.622 bits per heavy atom. The second-order valence-corrected chi connectivity index (χ2v) is 8.71. The molecule has 0 saturated heterocycles. The van der Waals surface area contributed by atoms with E-state index in [1.54, 1.807) is 0 Å². The van der Waals surface area contributed by atoms with Crippen LogP contribution in [0, 0.1) is 0 Å². The van der Waals surface area contributed by atoms with Crippen LogP contribution in [-0.4, -0.2) is 75.4 Å². The molecule has 37 heavy (non-hydrogen) atoms. The van der Waals surface area contributed by atoms with E-state index < -0.39 is 79.7 Å². The summed E-state index contributed by atoms with van der Waals surface area (Å²) in [5.41, 5.74) is 0. The van der Waals surface area contributed by atoms with Crippen molar-refractivity contribution in [2.24, 2.45) is 0 Å². The number of rotatable bonds is 11. The van der Waals surface area contributed by atoms with Gasteiger partial charge in [-0.1, -0.05) is 0 Å². The second-order valence-electron chi connectivity index (χ2n) is 6.94. The van der Waals surface area contributed by atoms with Gasteiger partial charge in [0.25, 0.3) is 0 Å². The van der Waals surface area contributed by atoms with Crippen LogP contribution in [0.2, 0.25) is 0 Å². The van der Waals surface area contributed by atoms with Gasteiger partial charge in [-0.2, -0.15) is 92.2 Å². The fourth-order valence-electron chi connectivity index (χ4n) is 2.03. The molecule has 0 amide bonds. The molecule has 224 valence electrons. The predicted molar refractivity (Wildman–Crippen MR) is 72.1 cm³/mol. The van der Waals surface area contributed by atoms with Gasteiger partial charge in [0.05, 0.1) is 6.16 Å². The van der Waals surface area contributed by atoms with Crippen LogP contribution in [0.25, 0.3) is 0 Å². The zero-order chi connectivity index (χ0) is 30.9. The Balaban J connectivity index is 6.97. The van der Waals surface area contributed by atoms with Gasteiger partial charge in [-0.3, -0.25) is 4.57 Å². The zero-order valence-electron chi connectivity index (χ0n) is 16.1. The second kappa shape index (κ2) is 8.85. The van der Waals surface area contributed by atoms with E-state index >= 15 is 0 Å². The molecule has 0 heterocycles. The van der Waals surface area contributed by atoms with E-state index in [9.17, 15) is 96.8 Å². The van der Waals surface area contributed by atoms with E-state index in [0.717, 1.165) is 0 Å². The molecule has 0 aromatic heterocycles. The van der Waals surface area contributed by atoms with Crippen molar-refractivity contribution in [3.05, 3.63) is 0 Å². The Morgan fingerprint density at radius 1 is 0.405 bits per heavy atom. The third-order valence-electron chi connectivity index (χ3n) is 4.29. The first-order chi connectivity index (χ1) is 15.5. The first kappa shape index (κ1) is 35.7. The van der Waals surface area contributed by atoms with Crippen molar-refractivity contribution in [3.63, 3.8) is 0 Å². The van der Waals surface area contributed by atoms with E-state index in [1.165, 1.54) is 0 Å². The zero-order valence-corrected chi connectivity index (χ0v) is 17.0. The van der Waals surface area contributed by atoms with Gasteiger partial charge < -0.3 is 9.79 Å². The Hall–Kier alpha value is -1.32. The van der Waals surface area contributed by atoms with Crippen molar-refractivity contribution in [1.29, 1.82) is 0 Å². The lowest BCUT2D eigenvalue weighted by molar-refractivity contribution is -0.474. The molecule has 25 heteroatoms. The van der Waals surface area contributed by atoms with E-state index in [2.05, 4.69) is 0 Å². The van der Waals surface area contributed by atoms with Gasteiger partial charge in [0.2, 0.25) is 0 Å². The molecule has 0 aromatic rings.